The first-order chi connectivity index (χ1) is 10.2. The first-order valence-corrected chi connectivity index (χ1v) is 9.29. The van der Waals surface area contributed by atoms with Crippen LogP contribution in [0.3, 0.4) is 0 Å². The summed E-state index contributed by atoms with van der Waals surface area (Å²) in [7, 11) is 0. The SMILES string of the molecule is CCC1CCCCCN1CC1CCC(CNCC(C)C)O1. The summed E-state index contributed by atoms with van der Waals surface area (Å²) in [5.74, 6) is 0.726. The Morgan fingerprint density at radius 3 is 2.67 bits per heavy atom. The highest BCUT2D eigenvalue weighted by Crippen LogP contribution is 2.24. The molecule has 3 heteroatoms. The number of ether oxygens (including phenoxy) is 1. The van der Waals surface area contributed by atoms with E-state index in [0.717, 1.165) is 25.0 Å². The van der Waals surface area contributed by atoms with Crippen LogP contribution in [0, 0.1) is 5.92 Å². The molecule has 0 spiro atoms. The zero-order chi connectivity index (χ0) is 15.1. The molecule has 124 valence electrons. The molecule has 1 N–H and O–H groups in total. The van der Waals surface area contributed by atoms with E-state index in [0.29, 0.717) is 12.2 Å². The highest BCUT2D eigenvalue weighted by Gasteiger charge is 2.29. The van der Waals surface area contributed by atoms with Crippen LogP contribution in [0.25, 0.3) is 0 Å². The first-order valence-electron chi connectivity index (χ1n) is 9.29. The van der Waals surface area contributed by atoms with E-state index >= 15 is 0 Å². The van der Waals surface area contributed by atoms with Gasteiger partial charge in [-0.1, -0.05) is 33.6 Å². The Morgan fingerprint density at radius 1 is 1.10 bits per heavy atom. The molecule has 0 aliphatic carbocycles. The van der Waals surface area contributed by atoms with Gasteiger partial charge >= 0.3 is 0 Å². The summed E-state index contributed by atoms with van der Waals surface area (Å²) in [6.07, 6.45) is 10.3. The van der Waals surface area contributed by atoms with Gasteiger partial charge in [-0.25, -0.2) is 0 Å². The largest absolute Gasteiger partial charge is 0.372 e. The highest BCUT2D eigenvalue weighted by molar-refractivity contribution is 4.82. The normalized spacial score (nSPS) is 31.7. The van der Waals surface area contributed by atoms with E-state index in [1.807, 2.05) is 0 Å². The maximum Gasteiger partial charge on any atom is 0.0707 e. The van der Waals surface area contributed by atoms with Crippen molar-refractivity contribution in [1.29, 1.82) is 0 Å². The zero-order valence-electron chi connectivity index (χ0n) is 14.4. The Labute approximate surface area is 131 Å². The third-order valence-corrected chi connectivity index (χ3v) is 5.03. The van der Waals surface area contributed by atoms with Crippen molar-refractivity contribution >= 4 is 0 Å². The summed E-state index contributed by atoms with van der Waals surface area (Å²) >= 11 is 0. The maximum absolute atomic E-state index is 6.28. The molecule has 2 fully saturated rings. The standard InChI is InChI=1S/C18H36N2O/c1-4-16-8-6-5-7-11-20(16)14-18-10-9-17(21-18)13-19-12-15(2)3/h15-19H,4-14H2,1-3H3. The van der Waals surface area contributed by atoms with Crippen LogP contribution in [-0.2, 0) is 4.74 Å². The molecule has 0 aromatic rings. The molecule has 2 rings (SSSR count). The van der Waals surface area contributed by atoms with Gasteiger partial charge in [-0.3, -0.25) is 4.90 Å². The Hall–Kier alpha value is -0.120. The van der Waals surface area contributed by atoms with Gasteiger partial charge in [0.1, 0.15) is 0 Å². The van der Waals surface area contributed by atoms with Crippen LogP contribution >= 0.6 is 0 Å². The van der Waals surface area contributed by atoms with Crippen LogP contribution in [0.1, 0.15) is 65.7 Å². The van der Waals surface area contributed by atoms with E-state index in [-0.39, 0.29) is 0 Å². The van der Waals surface area contributed by atoms with Crippen LogP contribution < -0.4 is 5.32 Å². The van der Waals surface area contributed by atoms with Crippen molar-refractivity contribution in [3.63, 3.8) is 0 Å². The zero-order valence-corrected chi connectivity index (χ0v) is 14.4. The maximum atomic E-state index is 6.28. The predicted molar refractivity (Wildman–Crippen MR) is 89.7 cm³/mol. The Bertz CT molecular complexity index is 282. The lowest BCUT2D eigenvalue weighted by atomic mass is 10.1. The smallest absolute Gasteiger partial charge is 0.0707 e. The second-order valence-electron chi connectivity index (χ2n) is 7.42. The predicted octanol–water partition coefficient (Wildman–Crippen LogP) is 3.43. The van der Waals surface area contributed by atoms with E-state index < -0.39 is 0 Å². The fourth-order valence-electron chi connectivity index (χ4n) is 3.80. The highest BCUT2D eigenvalue weighted by atomic mass is 16.5. The fraction of sp³-hybridized carbons (Fsp3) is 1.00. The summed E-state index contributed by atoms with van der Waals surface area (Å²) in [4.78, 5) is 2.72. The van der Waals surface area contributed by atoms with Gasteiger partial charge in [0, 0.05) is 19.1 Å². The van der Waals surface area contributed by atoms with Gasteiger partial charge in [-0.15, -0.1) is 0 Å². The Morgan fingerprint density at radius 2 is 1.90 bits per heavy atom. The molecule has 2 saturated heterocycles. The summed E-state index contributed by atoms with van der Waals surface area (Å²) in [6.45, 7) is 11.5. The van der Waals surface area contributed by atoms with Crippen molar-refractivity contribution in [3.05, 3.63) is 0 Å². The van der Waals surface area contributed by atoms with Crippen molar-refractivity contribution in [2.24, 2.45) is 5.92 Å². The molecule has 3 atom stereocenters. The monoisotopic (exact) mass is 296 g/mol. The molecule has 0 aromatic carbocycles. The summed E-state index contributed by atoms with van der Waals surface area (Å²) in [5.41, 5.74) is 0. The van der Waals surface area contributed by atoms with Crippen LogP contribution in [0.15, 0.2) is 0 Å². The number of likely N-dealkylation sites (tertiary alicyclic amines) is 1. The van der Waals surface area contributed by atoms with Gasteiger partial charge < -0.3 is 10.1 Å². The van der Waals surface area contributed by atoms with E-state index in [2.05, 4.69) is 31.0 Å². The average Bonchev–Trinajstić information content (AvgIpc) is 2.77. The van der Waals surface area contributed by atoms with Gasteiger partial charge in [0.2, 0.25) is 0 Å². The van der Waals surface area contributed by atoms with Crippen molar-refractivity contribution < 1.29 is 4.74 Å². The van der Waals surface area contributed by atoms with Gasteiger partial charge in [-0.05, 0) is 51.1 Å². The van der Waals surface area contributed by atoms with Crippen molar-refractivity contribution in [3.8, 4) is 0 Å². The van der Waals surface area contributed by atoms with Gasteiger partial charge in [-0.2, -0.15) is 0 Å². The molecule has 2 aliphatic heterocycles. The molecule has 0 saturated carbocycles. The average molecular weight is 296 g/mol. The second-order valence-corrected chi connectivity index (χ2v) is 7.42. The minimum absolute atomic E-state index is 0.445. The molecule has 3 unspecified atom stereocenters. The van der Waals surface area contributed by atoms with E-state index in [1.54, 1.807) is 0 Å². The van der Waals surface area contributed by atoms with Crippen molar-refractivity contribution in [2.45, 2.75) is 84.0 Å². The summed E-state index contributed by atoms with van der Waals surface area (Å²) in [6, 6.07) is 0.800. The van der Waals surface area contributed by atoms with Gasteiger partial charge in [0.05, 0.1) is 12.2 Å². The number of hydrogen-bond donors (Lipinski definition) is 1. The molecule has 0 amide bonds. The van der Waals surface area contributed by atoms with Gasteiger partial charge in [0.15, 0.2) is 0 Å². The lowest BCUT2D eigenvalue weighted by Gasteiger charge is -2.31. The van der Waals surface area contributed by atoms with Crippen molar-refractivity contribution in [2.75, 3.05) is 26.2 Å². The second kappa shape index (κ2) is 9.12. The molecular weight excluding hydrogens is 260 g/mol. The van der Waals surface area contributed by atoms with Crippen LogP contribution in [-0.4, -0.2) is 49.3 Å². The van der Waals surface area contributed by atoms with Crippen LogP contribution in [0.4, 0.5) is 0 Å². The third kappa shape index (κ3) is 5.88. The molecule has 0 aromatic heterocycles. The quantitative estimate of drug-likeness (QED) is 0.779. The molecular formula is C18H36N2O. The lowest BCUT2D eigenvalue weighted by Crippen LogP contribution is -2.40. The van der Waals surface area contributed by atoms with E-state index in [1.165, 1.54) is 58.0 Å². The Kier molecular flexibility index (Phi) is 7.48. The number of hydrogen-bond acceptors (Lipinski definition) is 3. The van der Waals surface area contributed by atoms with E-state index in [4.69, 9.17) is 4.74 Å². The van der Waals surface area contributed by atoms with E-state index in [9.17, 15) is 0 Å². The minimum Gasteiger partial charge on any atom is -0.372 e. The summed E-state index contributed by atoms with van der Waals surface area (Å²) < 4.78 is 6.28. The van der Waals surface area contributed by atoms with Crippen molar-refractivity contribution in [1.82, 2.24) is 10.2 Å². The molecule has 3 nitrogen and oxygen atoms in total. The third-order valence-electron chi connectivity index (χ3n) is 5.03. The first kappa shape index (κ1) is 17.2. The summed E-state index contributed by atoms with van der Waals surface area (Å²) in [5, 5.41) is 3.54. The number of nitrogens with zero attached hydrogens (tertiary/aromatic N) is 1. The fourth-order valence-corrected chi connectivity index (χ4v) is 3.80. The number of rotatable bonds is 7. The molecule has 2 aliphatic rings. The number of nitrogens with one attached hydrogen (secondary N) is 1. The molecule has 0 bridgehead atoms. The minimum atomic E-state index is 0.445. The Balaban J connectivity index is 1.70. The molecule has 21 heavy (non-hydrogen) atoms. The van der Waals surface area contributed by atoms with Gasteiger partial charge in [0.25, 0.3) is 0 Å². The molecule has 2 heterocycles. The lowest BCUT2D eigenvalue weighted by molar-refractivity contribution is 0.0142. The van der Waals surface area contributed by atoms with Crippen LogP contribution in [0.5, 0.6) is 0 Å². The topological polar surface area (TPSA) is 24.5 Å². The molecule has 0 radical (unpaired) electrons. The van der Waals surface area contributed by atoms with Crippen LogP contribution in [0.2, 0.25) is 0 Å².